The van der Waals surface area contributed by atoms with Gasteiger partial charge in [0.2, 0.25) is 5.91 Å². The molecule has 2 aliphatic heterocycles. The minimum atomic E-state index is -0.715. The van der Waals surface area contributed by atoms with Crippen LogP contribution in [-0.4, -0.2) is 33.5 Å². The summed E-state index contributed by atoms with van der Waals surface area (Å²) in [5.41, 5.74) is 1.96. The molecule has 1 N–H and O–H groups in total. The number of imide groups is 1. The molecule has 8 heteroatoms. The van der Waals surface area contributed by atoms with Crippen molar-refractivity contribution in [2.75, 3.05) is 0 Å². The van der Waals surface area contributed by atoms with Gasteiger partial charge in [0.1, 0.15) is 12.0 Å². The van der Waals surface area contributed by atoms with Crippen molar-refractivity contribution in [3.63, 3.8) is 0 Å². The van der Waals surface area contributed by atoms with E-state index in [2.05, 4.69) is 10.4 Å². The number of rotatable bonds is 4. The average Bonchev–Trinajstić information content (AvgIpc) is 3.15. The number of hydrogen-bond donors (Lipinski definition) is 1. The Kier molecular flexibility index (Phi) is 3.72. The molecule has 2 amide bonds. The Morgan fingerprint density at radius 1 is 1.04 bits per heavy atom. The van der Waals surface area contributed by atoms with E-state index in [1.807, 2.05) is 30.3 Å². The first-order chi connectivity index (χ1) is 12.5. The van der Waals surface area contributed by atoms with Crippen molar-refractivity contribution in [2.45, 2.75) is 12.6 Å². The molecule has 2 aromatic carbocycles. The second-order valence-electron chi connectivity index (χ2n) is 6.15. The van der Waals surface area contributed by atoms with E-state index in [-0.39, 0.29) is 11.6 Å². The van der Waals surface area contributed by atoms with Crippen molar-refractivity contribution >= 4 is 23.2 Å². The number of hydrogen-bond acceptors (Lipinski definition) is 6. The molecule has 130 valence electrons. The Hall–Kier alpha value is -3.55. The van der Waals surface area contributed by atoms with E-state index in [1.165, 1.54) is 12.1 Å². The summed E-state index contributed by atoms with van der Waals surface area (Å²) in [6.45, 7) is 0.388. The van der Waals surface area contributed by atoms with Crippen molar-refractivity contribution < 1.29 is 14.5 Å². The van der Waals surface area contributed by atoms with Crippen LogP contribution in [0.3, 0.4) is 0 Å². The lowest BCUT2D eigenvalue weighted by Crippen LogP contribution is -2.37. The van der Waals surface area contributed by atoms with Gasteiger partial charge in [-0.25, -0.2) is 0 Å². The molecule has 2 aromatic rings. The van der Waals surface area contributed by atoms with E-state index in [0.29, 0.717) is 17.8 Å². The van der Waals surface area contributed by atoms with Crippen LogP contribution >= 0.6 is 0 Å². The molecule has 2 atom stereocenters. The summed E-state index contributed by atoms with van der Waals surface area (Å²) in [5, 5.41) is 19.3. The minimum absolute atomic E-state index is 0.0445. The van der Waals surface area contributed by atoms with Crippen LogP contribution in [0.1, 0.15) is 11.1 Å². The third-order valence-electron chi connectivity index (χ3n) is 4.53. The largest absolute Gasteiger partial charge is 0.294 e. The number of nitrogens with zero attached hydrogens (tertiary/aromatic N) is 3. The van der Waals surface area contributed by atoms with Crippen molar-refractivity contribution in [1.82, 2.24) is 10.3 Å². The Balaban J connectivity index is 1.70. The highest BCUT2D eigenvalue weighted by molar-refractivity contribution is 6.23. The van der Waals surface area contributed by atoms with Gasteiger partial charge in [0, 0.05) is 12.1 Å². The topological polar surface area (TPSA) is 105 Å². The summed E-state index contributed by atoms with van der Waals surface area (Å²) in [4.78, 5) is 34.9. The second-order valence-corrected chi connectivity index (χ2v) is 6.15. The van der Waals surface area contributed by atoms with Crippen molar-refractivity contribution in [3.05, 3.63) is 75.8 Å². The van der Waals surface area contributed by atoms with Crippen molar-refractivity contribution in [2.24, 2.45) is 11.0 Å². The Morgan fingerprint density at radius 3 is 2.38 bits per heavy atom. The van der Waals surface area contributed by atoms with Gasteiger partial charge in [-0.15, -0.1) is 0 Å². The summed E-state index contributed by atoms with van der Waals surface area (Å²) >= 11 is 0. The first-order valence-electron chi connectivity index (χ1n) is 8.03. The van der Waals surface area contributed by atoms with Crippen LogP contribution < -0.4 is 5.32 Å². The van der Waals surface area contributed by atoms with Crippen LogP contribution in [0.15, 0.2) is 59.7 Å². The average molecular weight is 350 g/mol. The number of non-ortho nitro benzene ring substituents is 1. The maximum absolute atomic E-state index is 12.3. The summed E-state index contributed by atoms with van der Waals surface area (Å²) in [5.74, 6) is -1.49. The fraction of sp³-hybridized carbons (Fsp3) is 0.167. The van der Waals surface area contributed by atoms with Gasteiger partial charge in [0.25, 0.3) is 11.6 Å². The number of benzene rings is 2. The third kappa shape index (κ3) is 2.61. The predicted molar refractivity (Wildman–Crippen MR) is 92.0 cm³/mol. The number of amides is 2. The maximum Gasteiger partial charge on any atom is 0.269 e. The summed E-state index contributed by atoms with van der Waals surface area (Å²) in [7, 11) is 0. The van der Waals surface area contributed by atoms with Gasteiger partial charge >= 0.3 is 0 Å². The third-order valence-corrected chi connectivity index (χ3v) is 4.53. The van der Waals surface area contributed by atoms with Gasteiger partial charge < -0.3 is 0 Å². The smallest absolute Gasteiger partial charge is 0.269 e. The van der Waals surface area contributed by atoms with Gasteiger partial charge in [-0.05, 0) is 23.3 Å². The van der Waals surface area contributed by atoms with Gasteiger partial charge in [-0.1, -0.05) is 30.3 Å². The Morgan fingerprint density at radius 2 is 1.73 bits per heavy atom. The Bertz CT molecular complexity index is 924. The number of nitro groups is 1. The molecular formula is C18H14N4O4. The molecule has 8 nitrogen and oxygen atoms in total. The lowest BCUT2D eigenvalue weighted by atomic mass is 9.93. The van der Waals surface area contributed by atoms with E-state index < -0.39 is 22.8 Å². The van der Waals surface area contributed by atoms with E-state index in [0.717, 1.165) is 5.56 Å². The quantitative estimate of drug-likeness (QED) is 0.510. The van der Waals surface area contributed by atoms with Gasteiger partial charge in [0.15, 0.2) is 0 Å². The first kappa shape index (κ1) is 15.9. The molecule has 4 rings (SSSR count). The van der Waals surface area contributed by atoms with Gasteiger partial charge in [0.05, 0.1) is 17.2 Å². The number of nitro benzene ring substituents is 1. The van der Waals surface area contributed by atoms with Crippen LogP contribution in [0.2, 0.25) is 0 Å². The molecule has 0 aliphatic carbocycles. The number of nitrogens with one attached hydrogen (secondary N) is 1. The molecule has 0 aromatic heterocycles. The molecule has 0 unspecified atom stereocenters. The molecule has 0 radical (unpaired) electrons. The van der Waals surface area contributed by atoms with Crippen LogP contribution in [0.25, 0.3) is 0 Å². The lowest BCUT2D eigenvalue weighted by Gasteiger charge is -2.20. The van der Waals surface area contributed by atoms with E-state index in [1.54, 1.807) is 17.1 Å². The molecule has 1 fully saturated rings. The molecule has 0 saturated carbocycles. The number of fused-ring (bicyclic) bond motifs is 1. The first-order valence-corrected chi connectivity index (χ1v) is 8.03. The summed E-state index contributed by atoms with van der Waals surface area (Å²) < 4.78 is 0. The molecular weight excluding hydrogens is 336 g/mol. The van der Waals surface area contributed by atoms with Crippen molar-refractivity contribution in [3.8, 4) is 0 Å². The second kappa shape index (κ2) is 6.07. The molecule has 0 spiro atoms. The summed E-state index contributed by atoms with van der Waals surface area (Å²) in [6, 6.07) is 14.6. The van der Waals surface area contributed by atoms with E-state index in [4.69, 9.17) is 0 Å². The highest BCUT2D eigenvalue weighted by atomic mass is 16.6. The zero-order chi connectivity index (χ0) is 18.3. The molecule has 0 bridgehead atoms. The summed E-state index contributed by atoms with van der Waals surface area (Å²) in [6.07, 6.45) is 0. The SMILES string of the molecule is O=C1NC(=O)[C@H]2[C@H]1C(c1ccc([N+](=O)[O-])cc1)=NN2Cc1ccccc1. The standard InChI is InChI=1S/C18H14N4O4/c23-17-14-15(12-6-8-13(9-7-12)22(25)26)20-21(16(14)18(24)19-17)10-11-4-2-1-3-5-11/h1-9,14,16H,10H2,(H,19,23,24)/t14-,16-/m1/s1. The van der Waals surface area contributed by atoms with Crippen LogP contribution in [-0.2, 0) is 16.1 Å². The minimum Gasteiger partial charge on any atom is -0.294 e. The fourth-order valence-electron chi connectivity index (χ4n) is 3.31. The normalized spacial score (nSPS) is 21.4. The van der Waals surface area contributed by atoms with Crippen LogP contribution in [0.5, 0.6) is 0 Å². The highest BCUT2D eigenvalue weighted by Crippen LogP contribution is 2.32. The Labute approximate surface area is 148 Å². The monoisotopic (exact) mass is 350 g/mol. The van der Waals surface area contributed by atoms with Gasteiger partial charge in [-0.2, -0.15) is 5.10 Å². The molecule has 2 heterocycles. The zero-order valence-corrected chi connectivity index (χ0v) is 13.5. The van der Waals surface area contributed by atoms with Crippen LogP contribution in [0, 0.1) is 16.0 Å². The maximum atomic E-state index is 12.3. The van der Waals surface area contributed by atoms with Crippen molar-refractivity contribution in [1.29, 1.82) is 0 Å². The fourth-order valence-corrected chi connectivity index (χ4v) is 3.31. The number of carbonyl (C=O) groups is 2. The molecule has 1 saturated heterocycles. The molecule has 26 heavy (non-hydrogen) atoms. The number of hydrazone groups is 1. The van der Waals surface area contributed by atoms with Crippen LogP contribution in [0.4, 0.5) is 5.69 Å². The van der Waals surface area contributed by atoms with E-state index in [9.17, 15) is 19.7 Å². The highest BCUT2D eigenvalue weighted by Gasteiger charge is 2.52. The zero-order valence-electron chi connectivity index (χ0n) is 13.5. The lowest BCUT2D eigenvalue weighted by molar-refractivity contribution is -0.384. The van der Waals surface area contributed by atoms with Gasteiger partial charge in [-0.3, -0.25) is 30.0 Å². The molecule has 2 aliphatic rings. The van der Waals surface area contributed by atoms with E-state index >= 15 is 0 Å². The number of carbonyl (C=O) groups excluding carboxylic acids is 2. The predicted octanol–water partition coefficient (Wildman–Crippen LogP) is 1.46.